The molecule has 5 heteroatoms. The molecule has 1 heterocycles. The highest BCUT2D eigenvalue weighted by Crippen LogP contribution is 2.05. The molecular formula is C20H21N3O2. The smallest absolute Gasteiger partial charge is 0.267 e. The van der Waals surface area contributed by atoms with E-state index in [-0.39, 0.29) is 17.5 Å². The Kier molecular flexibility index (Phi) is 7.13. The fourth-order valence-corrected chi connectivity index (χ4v) is 2.03. The molecule has 0 unspecified atom stereocenters. The number of amides is 2. The molecule has 0 radical (unpaired) electrons. The van der Waals surface area contributed by atoms with Gasteiger partial charge in [0.15, 0.2) is 0 Å². The van der Waals surface area contributed by atoms with E-state index in [0.29, 0.717) is 6.54 Å². The van der Waals surface area contributed by atoms with Crippen molar-refractivity contribution in [2.75, 3.05) is 6.54 Å². The fraction of sp³-hybridized carbons (Fsp3) is 0.150. The Morgan fingerprint density at radius 3 is 2.52 bits per heavy atom. The second-order valence-electron chi connectivity index (χ2n) is 5.33. The Balaban J connectivity index is 2.12. The molecular weight excluding hydrogens is 314 g/mol. The number of benzene rings is 1. The molecule has 0 atom stereocenters. The standard InChI is InChI=1S/C20H21N3O2/c1-2-12-22-20(25)18(14-17-9-6-13-21-15-17)23-19(24)11-10-16-7-4-3-5-8-16/h3-11,13-15H,2,12H2,1H3,(H,22,25)(H,23,24)/b11-10+,18-14-. The second-order valence-corrected chi connectivity index (χ2v) is 5.33. The fourth-order valence-electron chi connectivity index (χ4n) is 2.03. The first-order chi connectivity index (χ1) is 12.2. The summed E-state index contributed by atoms with van der Waals surface area (Å²) in [6, 6.07) is 13.1. The van der Waals surface area contributed by atoms with E-state index in [1.54, 1.807) is 30.6 Å². The second kappa shape index (κ2) is 9.82. The van der Waals surface area contributed by atoms with Gasteiger partial charge in [-0.1, -0.05) is 43.3 Å². The molecule has 0 aliphatic heterocycles. The Morgan fingerprint density at radius 1 is 1.08 bits per heavy atom. The van der Waals surface area contributed by atoms with Gasteiger partial charge < -0.3 is 10.6 Å². The first-order valence-corrected chi connectivity index (χ1v) is 8.13. The van der Waals surface area contributed by atoms with Crippen LogP contribution in [0, 0.1) is 0 Å². The van der Waals surface area contributed by atoms with E-state index in [2.05, 4.69) is 15.6 Å². The maximum atomic E-state index is 12.3. The van der Waals surface area contributed by atoms with Crippen molar-refractivity contribution in [3.8, 4) is 0 Å². The number of carbonyl (C=O) groups excluding carboxylic acids is 2. The Hall–Kier alpha value is -3.21. The topological polar surface area (TPSA) is 71.1 Å². The summed E-state index contributed by atoms with van der Waals surface area (Å²) < 4.78 is 0. The van der Waals surface area contributed by atoms with Gasteiger partial charge in [-0.15, -0.1) is 0 Å². The summed E-state index contributed by atoms with van der Waals surface area (Å²) in [6.45, 7) is 2.50. The lowest BCUT2D eigenvalue weighted by molar-refractivity contribution is -0.121. The molecule has 0 saturated carbocycles. The van der Waals surface area contributed by atoms with Crippen LogP contribution in [-0.4, -0.2) is 23.3 Å². The van der Waals surface area contributed by atoms with Crippen LogP contribution in [0.2, 0.25) is 0 Å². The normalized spacial score (nSPS) is 11.3. The highest BCUT2D eigenvalue weighted by atomic mass is 16.2. The number of nitrogens with zero attached hydrogens (tertiary/aromatic N) is 1. The lowest BCUT2D eigenvalue weighted by atomic mass is 10.2. The number of aromatic nitrogens is 1. The maximum absolute atomic E-state index is 12.3. The Bertz CT molecular complexity index is 753. The summed E-state index contributed by atoms with van der Waals surface area (Å²) in [4.78, 5) is 28.4. The molecule has 2 N–H and O–H groups in total. The largest absolute Gasteiger partial charge is 0.351 e. The summed E-state index contributed by atoms with van der Waals surface area (Å²) in [5.74, 6) is -0.696. The molecule has 2 amide bonds. The van der Waals surface area contributed by atoms with Crippen molar-refractivity contribution in [3.05, 3.63) is 77.8 Å². The van der Waals surface area contributed by atoms with Crippen molar-refractivity contribution in [1.29, 1.82) is 0 Å². The molecule has 0 spiro atoms. The van der Waals surface area contributed by atoms with Crippen molar-refractivity contribution in [2.24, 2.45) is 0 Å². The number of rotatable bonds is 7. The quantitative estimate of drug-likeness (QED) is 0.764. The van der Waals surface area contributed by atoms with Crippen molar-refractivity contribution < 1.29 is 9.59 Å². The van der Waals surface area contributed by atoms with E-state index in [1.165, 1.54) is 6.08 Å². The van der Waals surface area contributed by atoms with Gasteiger partial charge in [0, 0.05) is 25.0 Å². The van der Waals surface area contributed by atoms with Crippen LogP contribution in [0.4, 0.5) is 0 Å². The van der Waals surface area contributed by atoms with Crippen LogP contribution in [0.5, 0.6) is 0 Å². The van der Waals surface area contributed by atoms with E-state index >= 15 is 0 Å². The van der Waals surface area contributed by atoms with Crippen LogP contribution in [0.1, 0.15) is 24.5 Å². The molecule has 0 aliphatic carbocycles. The number of pyridine rings is 1. The molecule has 5 nitrogen and oxygen atoms in total. The molecule has 0 bridgehead atoms. The number of nitrogens with one attached hydrogen (secondary N) is 2. The molecule has 0 fully saturated rings. The lowest BCUT2D eigenvalue weighted by Crippen LogP contribution is -2.34. The van der Waals surface area contributed by atoms with Gasteiger partial charge in [-0.2, -0.15) is 0 Å². The molecule has 0 aliphatic rings. The van der Waals surface area contributed by atoms with Crippen molar-refractivity contribution >= 4 is 24.0 Å². The third kappa shape index (κ3) is 6.43. The van der Waals surface area contributed by atoms with Gasteiger partial charge in [0.1, 0.15) is 5.70 Å². The average Bonchev–Trinajstić information content (AvgIpc) is 2.65. The van der Waals surface area contributed by atoms with Crippen molar-refractivity contribution in [3.63, 3.8) is 0 Å². The van der Waals surface area contributed by atoms with Crippen LogP contribution in [0.15, 0.2) is 66.6 Å². The zero-order valence-electron chi connectivity index (χ0n) is 14.1. The van der Waals surface area contributed by atoms with Crippen molar-refractivity contribution in [1.82, 2.24) is 15.6 Å². The minimum Gasteiger partial charge on any atom is -0.351 e. The number of hydrogen-bond acceptors (Lipinski definition) is 3. The predicted octanol–water partition coefficient (Wildman–Crippen LogP) is 2.78. The van der Waals surface area contributed by atoms with Gasteiger partial charge in [-0.05, 0) is 35.8 Å². The first-order valence-electron chi connectivity index (χ1n) is 8.13. The lowest BCUT2D eigenvalue weighted by Gasteiger charge is -2.09. The molecule has 2 rings (SSSR count). The minimum absolute atomic E-state index is 0.184. The molecule has 0 saturated heterocycles. The van der Waals surface area contributed by atoms with Crippen LogP contribution < -0.4 is 10.6 Å². The average molecular weight is 335 g/mol. The first kappa shape index (κ1) is 18.1. The summed E-state index contributed by atoms with van der Waals surface area (Å²) in [6.07, 6.45) is 8.79. The molecule has 128 valence electrons. The number of carbonyl (C=O) groups is 2. The zero-order valence-corrected chi connectivity index (χ0v) is 14.1. The van der Waals surface area contributed by atoms with Gasteiger partial charge in [-0.3, -0.25) is 14.6 Å². The van der Waals surface area contributed by atoms with Gasteiger partial charge in [0.05, 0.1) is 0 Å². The number of hydrogen-bond donors (Lipinski definition) is 2. The molecule has 1 aromatic carbocycles. The van der Waals surface area contributed by atoms with Crippen LogP contribution in [-0.2, 0) is 9.59 Å². The van der Waals surface area contributed by atoms with E-state index in [9.17, 15) is 9.59 Å². The summed E-state index contributed by atoms with van der Waals surface area (Å²) >= 11 is 0. The van der Waals surface area contributed by atoms with E-state index in [1.807, 2.05) is 43.3 Å². The van der Waals surface area contributed by atoms with Crippen LogP contribution in [0.3, 0.4) is 0 Å². The maximum Gasteiger partial charge on any atom is 0.267 e. The van der Waals surface area contributed by atoms with E-state index in [0.717, 1.165) is 17.5 Å². The molecule has 1 aromatic heterocycles. The van der Waals surface area contributed by atoms with Crippen LogP contribution >= 0.6 is 0 Å². The van der Waals surface area contributed by atoms with Crippen molar-refractivity contribution in [2.45, 2.75) is 13.3 Å². The summed E-state index contributed by atoms with van der Waals surface area (Å²) in [5, 5.41) is 5.41. The van der Waals surface area contributed by atoms with Gasteiger partial charge in [0.25, 0.3) is 5.91 Å². The highest BCUT2D eigenvalue weighted by molar-refractivity contribution is 6.04. The highest BCUT2D eigenvalue weighted by Gasteiger charge is 2.11. The van der Waals surface area contributed by atoms with Gasteiger partial charge >= 0.3 is 0 Å². The third-order valence-corrected chi connectivity index (χ3v) is 3.26. The van der Waals surface area contributed by atoms with E-state index in [4.69, 9.17) is 0 Å². The van der Waals surface area contributed by atoms with Crippen LogP contribution in [0.25, 0.3) is 12.2 Å². The Labute approximate surface area is 147 Å². The van der Waals surface area contributed by atoms with Gasteiger partial charge in [0.2, 0.25) is 5.91 Å². The zero-order chi connectivity index (χ0) is 17.9. The van der Waals surface area contributed by atoms with Gasteiger partial charge in [-0.25, -0.2) is 0 Å². The summed E-state index contributed by atoms with van der Waals surface area (Å²) in [5.41, 5.74) is 1.83. The predicted molar refractivity (Wildman–Crippen MR) is 99.1 cm³/mol. The monoisotopic (exact) mass is 335 g/mol. The van der Waals surface area contributed by atoms with E-state index < -0.39 is 0 Å². The summed E-state index contributed by atoms with van der Waals surface area (Å²) in [7, 11) is 0. The molecule has 2 aromatic rings. The third-order valence-electron chi connectivity index (χ3n) is 3.26. The SMILES string of the molecule is CCCNC(=O)/C(=C/c1cccnc1)NC(=O)/C=C/c1ccccc1. The Morgan fingerprint density at radius 2 is 1.84 bits per heavy atom. The molecule has 25 heavy (non-hydrogen) atoms. The minimum atomic E-state index is -0.370.